The molecular formula is C23H28N2O4. The first-order chi connectivity index (χ1) is 13.9. The monoisotopic (exact) mass is 396 g/mol. The average molecular weight is 396 g/mol. The fourth-order valence-electron chi connectivity index (χ4n) is 2.97. The van der Waals surface area contributed by atoms with Crippen LogP contribution in [0.1, 0.15) is 39.2 Å². The molecule has 1 aromatic heterocycles. The van der Waals surface area contributed by atoms with Gasteiger partial charge in [0.25, 0.3) is 6.01 Å². The molecule has 29 heavy (non-hydrogen) atoms. The number of unbranched alkanes of at least 4 members (excludes halogenated alkanes) is 1. The summed E-state index contributed by atoms with van der Waals surface area (Å²) < 4.78 is 11.5. The van der Waals surface area contributed by atoms with E-state index in [2.05, 4.69) is 16.8 Å². The Balaban J connectivity index is 1.67. The van der Waals surface area contributed by atoms with Crippen molar-refractivity contribution in [2.45, 2.75) is 45.6 Å². The summed E-state index contributed by atoms with van der Waals surface area (Å²) in [5, 5.41) is 9.19. The Bertz CT molecular complexity index is 914. The number of hydrogen-bond acceptors (Lipinski definition) is 5. The molecule has 0 radical (unpaired) electrons. The lowest BCUT2D eigenvalue weighted by molar-refractivity contribution is -0.152. The Labute approximate surface area is 171 Å². The SMILES string of the molecule is CCCCN(CCc1ccc(OC(C)(C)C(=O)O)cc1)c1nc2ccccc2o1. The lowest BCUT2D eigenvalue weighted by Crippen LogP contribution is -2.37. The number of hydrogen-bond donors (Lipinski definition) is 1. The van der Waals surface area contributed by atoms with Gasteiger partial charge in [-0.2, -0.15) is 4.98 Å². The second kappa shape index (κ2) is 8.99. The van der Waals surface area contributed by atoms with Crippen LogP contribution in [0.2, 0.25) is 0 Å². The summed E-state index contributed by atoms with van der Waals surface area (Å²) in [6, 6.07) is 16.0. The molecule has 1 N–H and O–H groups in total. The van der Waals surface area contributed by atoms with Crippen molar-refractivity contribution in [1.82, 2.24) is 4.98 Å². The fraction of sp³-hybridized carbons (Fsp3) is 0.391. The molecule has 2 aromatic carbocycles. The third-order valence-electron chi connectivity index (χ3n) is 4.82. The number of rotatable bonds is 10. The third kappa shape index (κ3) is 5.28. The maximum absolute atomic E-state index is 11.2. The van der Waals surface area contributed by atoms with Gasteiger partial charge in [-0.05, 0) is 56.5 Å². The van der Waals surface area contributed by atoms with Crippen LogP contribution in [0.3, 0.4) is 0 Å². The van der Waals surface area contributed by atoms with E-state index in [1.54, 1.807) is 0 Å². The van der Waals surface area contributed by atoms with Gasteiger partial charge in [-0.25, -0.2) is 4.79 Å². The molecule has 0 saturated carbocycles. The van der Waals surface area contributed by atoms with E-state index < -0.39 is 11.6 Å². The minimum absolute atomic E-state index is 0.544. The maximum atomic E-state index is 11.2. The zero-order valence-electron chi connectivity index (χ0n) is 17.2. The second-order valence-electron chi connectivity index (χ2n) is 7.62. The van der Waals surface area contributed by atoms with Gasteiger partial charge < -0.3 is 19.2 Å². The highest BCUT2D eigenvalue weighted by molar-refractivity contribution is 5.76. The summed E-state index contributed by atoms with van der Waals surface area (Å²) in [6.07, 6.45) is 2.99. The Hall–Kier alpha value is -3.02. The summed E-state index contributed by atoms with van der Waals surface area (Å²) in [6.45, 7) is 6.91. The van der Waals surface area contributed by atoms with E-state index in [1.807, 2.05) is 48.5 Å². The molecule has 0 aliphatic heterocycles. The number of para-hydroxylation sites is 2. The van der Waals surface area contributed by atoms with E-state index >= 15 is 0 Å². The molecule has 0 aliphatic rings. The van der Waals surface area contributed by atoms with E-state index in [1.165, 1.54) is 13.8 Å². The average Bonchev–Trinajstić information content (AvgIpc) is 3.13. The van der Waals surface area contributed by atoms with E-state index in [-0.39, 0.29) is 0 Å². The largest absolute Gasteiger partial charge is 0.478 e. The van der Waals surface area contributed by atoms with Gasteiger partial charge in [0.2, 0.25) is 0 Å². The molecule has 0 saturated heterocycles. The van der Waals surface area contributed by atoms with Crippen molar-refractivity contribution in [3.8, 4) is 5.75 Å². The highest BCUT2D eigenvalue weighted by atomic mass is 16.5. The van der Waals surface area contributed by atoms with Crippen LogP contribution in [0.25, 0.3) is 11.1 Å². The molecule has 6 nitrogen and oxygen atoms in total. The van der Waals surface area contributed by atoms with Crippen molar-refractivity contribution >= 4 is 23.1 Å². The number of benzene rings is 2. The number of aromatic nitrogens is 1. The minimum atomic E-state index is -1.26. The quantitative estimate of drug-likeness (QED) is 0.524. The lowest BCUT2D eigenvalue weighted by atomic mass is 10.1. The van der Waals surface area contributed by atoms with Gasteiger partial charge in [0.05, 0.1) is 0 Å². The van der Waals surface area contributed by atoms with Crippen LogP contribution in [0.5, 0.6) is 5.75 Å². The number of nitrogens with zero attached hydrogens (tertiary/aromatic N) is 2. The van der Waals surface area contributed by atoms with Gasteiger partial charge in [-0.1, -0.05) is 37.6 Å². The number of carboxylic acid groups (broad SMARTS) is 1. The Morgan fingerprint density at radius 3 is 2.52 bits per heavy atom. The van der Waals surface area contributed by atoms with Gasteiger partial charge in [0, 0.05) is 13.1 Å². The van der Waals surface area contributed by atoms with Crippen LogP contribution in [0, 0.1) is 0 Å². The lowest BCUT2D eigenvalue weighted by Gasteiger charge is -2.22. The van der Waals surface area contributed by atoms with Crippen LogP contribution in [-0.4, -0.2) is 34.8 Å². The molecule has 0 atom stereocenters. The third-order valence-corrected chi connectivity index (χ3v) is 4.82. The van der Waals surface area contributed by atoms with Crippen LogP contribution in [-0.2, 0) is 11.2 Å². The highest BCUT2D eigenvalue weighted by Crippen LogP contribution is 2.23. The predicted molar refractivity (Wildman–Crippen MR) is 114 cm³/mol. The van der Waals surface area contributed by atoms with Crippen molar-refractivity contribution in [3.05, 3.63) is 54.1 Å². The smallest absolute Gasteiger partial charge is 0.347 e. The normalized spacial score (nSPS) is 11.6. The van der Waals surface area contributed by atoms with E-state index in [4.69, 9.17) is 9.15 Å². The summed E-state index contributed by atoms with van der Waals surface area (Å²) in [7, 11) is 0. The zero-order chi connectivity index (χ0) is 20.9. The molecule has 0 amide bonds. The van der Waals surface area contributed by atoms with Crippen LogP contribution < -0.4 is 9.64 Å². The number of carboxylic acids is 1. The summed E-state index contributed by atoms with van der Waals surface area (Å²) in [5.41, 5.74) is 1.55. The van der Waals surface area contributed by atoms with Gasteiger partial charge in [-0.15, -0.1) is 0 Å². The first-order valence-corrected chi connectivity index (χ1v) is 10.0. The van der Waals surface area contributed by atoms with Gasteiger partial charge in [-0.3, -0.25) is 0 Å². The minimum Gasteiger partial charge on any atom is -0.478 e. The van der Waals surface area contributed by atoms with Crippen molar-refractivity contribution in [2.75, 3.05) is 18.0 Å². The van der Waals surface area contributed by atoms with Gasteiger partial charge in [0.15, 0.2) is 11.2 Å². The van der Waals surface area contributed by atoms with Gasteiger partial charge in [0.1, 0.15) is 11.3 Å². The molecule has 0 bridgehead atoms. The molecule has 3 aromatic rings. The van der Waals surface area contributed by atoms with E-state index in [0.717, 1.165) is 49.0 Å². The molecular weight excluding hydrogens is 368 g/mol. The maximum Gasteiger partial charge on any atom is 0.347 e. The first-order valence-electron chi connectivity index (χ1n) is 10.0. The van der Waals surface area contributed by atoms with E-state index in [9.17, 15) is 9.90 Å². The van der Waals surface area contributed by atoms with Crippen LogP contribution >= 0.6 is 0 Å². The summed E-state index contributed by atoms with van der Waals surface area (Å²) >= 11 is 0. The molecule has 0 aliphatic carbocycles. The molecule has 1 heterocycles. The predicted octanol–water partition coefficient (Wildman–Crippen LogP) is 4.92. The molecule has 0 unspecified atom stereocenters. The Morgan fingerprint density at radius 2 is 1.86 bits per heavy atom. The number of anilines is 1. The molecule has 154 valence electrons. The van der Waals surface area contributed by atoms with Crippen molar-refractivity contribution in [3.63, 3.8) is 0 Å². The second-order valence-corrected chi connectivity index (χ2v) is 7.62. The number of ether oxygens (including phenoxy) is 1. The zero-order valence-corrected chi connectivity index (χ0v) is 17.2. The number of aliphatic carboxylic acids is 1. The number of fused-ring (bicyclic) bond motifs is 1. The summed E-state index contributed by atoms with van der Waals surface area (Å²) in [4.78, 5) is 18.0. The first kappa shape index (κ1) is 20.7. The standard InChI is InChI=1S/C23H28N2O4/c1-4-5-15-25(22-24-19-8-6-7-9-20(19)28-22)16-14-17-10-12-18(13-11-17)29-23(2,3)21(26)27/h6-13H,4-5,14-16H2,1-3H3,(H,26,27). The van der Waals surface area contributed by atoms with Gasteiger partial charge >= 0.3 is 5.97 Å². The molecule has 0 spiro atoms. The Kier molecular flexibility index (Phi) is 6.42. The van der Waals surface area contributed by atoms with Crippen LogP contribution in [0.15, 0.2) is 52.9 Å². The van der Waals surface area contributed by atoms with Crippen molar-refractivity contribution < 1.29 is 19.1 Å². The topological polar surface area (TPSA) is 75.8 Å². The molecule has 6 heteroatoms. The summed E-state index contributed by atoms with van der Waals surface area (Å²) in [5.74, 6) is -0.450. The molecule has 0 fully saturated rings. The highest BCUT2D eigenvalue weighted by Gasteiger charge is 2.29. The van der Waals surface area contributed by atoms with Crippen molar-refractivity contribution in [2.24, 2.45) is 0 Å². The number of oxazole rings is 1. The fourth-order valence-corrected chi connectivity index (χ4v) is 2.97. The van der Waals surface area contributed by atoms with E-state index in [0.29, 0.717) is 11.8 Å². The molecule has 3 rings (SSSR count). The number of carbonyl (C=O) groups is 1. The Morgan fingerprint density at radius 1 is 1.14 bits per heavy atom. The van der Waals surface area contributed by atoms with Crippen molar-refractivity contribution in [1.29, 1.82) is 0 Å². The van der Waals surface area contributed by atoms with Crippen LogP contribution in [0.4, 0.5) is 6.01 Å².